The molecule has 1 atom stereocenters. The first-order valence-corrected chi connectivity index (χ1v) is 12.3. The Morgan fingerprint density at radius 3 is 2.68 bits per heavy atom. The summed E-state index contributed by atoms with van der Waals surface area (Å²) in [5.74, 6) is 1.18. The third-order valence-electron chi connectivity index (χ3n) is 6.43. The summed E-state index contributed by atoms with van der Waals surface area (Å²) < 4.78 is 11.0. The number of pyridine rings is 1. The molecule has 0 bridgehead atoms. The average molecular weight is 502 g/mol. The quantitative estimate of drug-likeness (QED) is 0.377. The van der Waals surface area contributed by atoms with E-state index in [-0.39, 0.29) is 12.0 Å². The number of fused-ring (bicyclic) bond motifs is 1. The fourth-order valence-electron chi connectivity index (χ4n) is 4.12. The second kappa shape index (κ2) is 10.9. The van der Waals surface area contributed by atoms with Gasteiger partial charge in [-0.3, -0.25) is 9.78 Å². The summed E-state index contributed by atoms with van der Waals surface area (Å²) in [7, 11) is 3.73. The van der Waals surface area contributed by atoms with Gasteiger partial charge in [0.25, 0.3) is 5.91 Å². The van der Waals surface area contributed by atoms with E-state index in [0.717, 1.165) is 42.8 Å². The maximum Gasteiger partial charge on any atom is 0.270 e. The summed E-state index contributed by atoms with van der Waals surface area (Å²) in [6.07, 6.45) is 3.37. The van der Waals surface area contributed by atoms with Gasteiger partial charge in [-0.15, -0.1) is 0 Å². The number of hydrogen-bond acceptors (Lipinski definition) is 8. The lowest BCUT2D eigenvalue weighted by Crippen LogP contribution is -2.47. The Morgan fingerprint density at radius 2 is 1.86 bits per heavy atom. The largest absolute Gasteiger partial charge is 0.491 e. The number of piperazine rings is 1. The fraction of sp³-hybridized carbons (Fsp3) is 0.333. The summed E-state index contributed by atoms with van der Waals surface area (Å²) in [6, 6.07) is 13.2. The van der Waals surface area contributed by atoms with Crippen LogP contribution in [0.5, 0.6) is 5.75 Å². The standard InChI is InChI=1S/C27H31N7O3/c1-18(36-3)17-37-21-6-8-28-24(16-21)23-7-9-29-27(32-23)30-20-4-5-22-19(14-20)15-25(31-22)26(35)34-12-10-33(2)11-13-34/h4-9,14-16,18,31H,10-13,17H2,1-3H3,(H,29,30,32). The number of carbonyl (C=O) groups is 1. The van der Waals surface area contributed by atoms with Crippen LogP contribution in [0.15, 0.2) is 54.9 Å². The van der Waals surface area contributed by atoms with E-state index in [1.54, 1.807) is 31.6 Å². The molecular formula is C27H31N7O3. The minimum absolute atomic E-state index is 0.00943. The van der Waals surface area contributed by atoms with Gasteiger partial charge in [0, 0.05) is 68.3 Å². The van der Waals surface area contributed by atoms with Gasteiger partial charge in [0.05, 0.1) is 17.5 Å². The third kappa shape index (κ3) is 5.87. The van der Waals surface area contributed by atoms with Crippen molar-refractivity contribution in [1.29, 1.82) is 0 Å². The van der Waals surface area contributed by atoms with Crippen LogP contribution in [0.2, 0.25) is 0 Å². The highest BCUT2D eigenvalue weighted by atomic mass is 16.5. The molecule has 3 aromatic heterocycles. The van der Waals surface area contributed by atoms with Crippen LogP contribution in [0.3, 0.4) is 0 Å². The number of nitrogens with one attached hydrogen (secondary N) is 2. The summed E-state index contributed by atoms with van der Waals surface area (Å²) in [5, 5.41) is 4.20. The lowest BCUT2D eigenvalue weighted by Gasteiger charge is -2.32. The first kappa shape index (κ1) is 24.7. The van der Waals surface area contributed by atoms with Crippen molar-refractivity contribution in [3.63, 3.8) is 0 Å². The van der Waals surface area contributed by atoms with Gasteiger partial charge in [0.1, 0.15) is 18.1 Å². The first-order valence-electron chi connectivity index (χ1n) is 12.3. The molecule has 1 fully saturated rings. The number of methoxy groups -OCH3 is 1. The van der Waals surface area contributed by atoms with Crippen LogP contribution in [-0.4, -0.2) is 88.7 Å². The molecule has 10 heteroatoms. The van der Waals surface area contributed by atoms with Crippen molar-refractivity contribution in [3.05, 3.63) is 60.6 Å². The van der Waals surface area contributed by atoms with E-state index < -0.39 is 0 Å². The number of likely N-dealkylation sites (N-methyl/N-ethyl adjacent to an activating group) is 1. The van der Waals surface area contributed by atoms with Crippen LogP contribution in [0.25, 0.3) is 22.3 Å². The van der Waals surface area contributed by atoms with E-state index in [4.69, 9.17) is 9.47 Å². The molecule has 1 saturated heterocycles. The normalized spacial score (nSPS) is 15.1. The number of H-pyrrole nitrogens is 1. The number of hydrogen-bond donors (Lipinski definition) is 2. The zero-order chi connectivity index (χ0) is 25.8. The highest BCUT2D eigenvalue weighted by Gasteiger charge is 2.21. The minimum Gasteiger partial charge on any atom is -0.491 e. The molecule has 1 aromatic carbocycles. The van der Waals surface area contributed by atoms with Crippen molar-refractivity contribution in [2.75, 3.05) is 52.3 Å². The second-order valence-corrected chi connectivity index (χ2v) is 9.21. The SMILES string of the molecule is COC(C)COc1ccnc(-c2ccnc(Nc3ccc4[nH]c(C(=O)N5CCN(C)CC5)cc4c3)n2)c1. The molecule has 2 N–H and O–H groups in total. The van der Waals surface area contributed by atoms with Gasteiger partial charge >= 0.3 is 0 Å². The second-order valence-electron chi connectivity index (χ2n) is 9.21. The van der Waals surface area contributed by atoms with E-state index in [1.165, 1.54) is 0 Å². The number of carbonyl (C=O) groups excluding carboxylic acids is 1. The summed E-state index contributed by atoms with van der Waals surface area (Å²) in [5.41, 5.74) is 3.68. The number of aromatic nitrogens is 4. The molecule has 1 unspecified atom stereocenters. The van der Waals surface area contributed by atoms with Crippen molar-refractivity contribution < 1.29 is 14.3 Å². The average Bonchev–Trinajstić information content (AvgIpc) is 3.35. The highest BCUT2D eigenvalue weighted by molar-refractivity contribution is 5.98. The smallest absolute Gasteiger partial charge is 0.270 e. The maximum atomic E-state index is 13.0. The Kier molecular flexibility index (Phi) is 7.29. The third-order valence-corrected chi connectivity index (χ3v) is 6.43. The molecule has 1 aliphatic rings. The van der Waals surface area contributed by atoms with Crippen molar-refractivity contribution in [2.24, 2.45) is 0 Å². The predicted octanol–water partition coefficient (Wildman–Crippen LogP) is 3.56. The zero-order valence-electron chi connectivity index (χ0n) is 21.3. The molecule has 10 nitrogen and oxygen atoms in total. The lowest BCUT2D eigenvalue weighted by molar-refractivity contribution is 0.0659. The van der Waals surface area contributed by atoms with Crippen LogP contribution in [0.4, 0.5) is 11.6 Å². The van der Waals surface area contributed by atoms with Crippen molar-refractivity contribution in [2.45, 2.75) is 13.0 Å². The van der Waals surface area contributed by atoms with Crippen molar-refractivity contribution in [1.82, 2.24) is 29.7 Å². The molecule has 5 rings (SSSR count). The Hall–Kier alpha value is -4.02. The first-order chi connectivity index (χ1) is 18.0. The number of anilines is 2. The topological polar surface area (TPSA) is 108 Å². The van der Waals surface area contributed by atoms with Gasteiger partial charge in [-0.25, -0.2) is 9.97 Å². The van der Waals surface area contributed by atoms with E-state index in [0.29, 0.717) is 35.4 Å². The summed E-state index contributed by atoms with van der Waals surface area (Å²) >= 11 is 0. The van der Waals surface area contributed by atoms with Gasteiger partial charge < -0.3 is 29.6 Å². The van der Waals surface area contributed by atoms with Crippen LogP contribution >= 0.6 is 0 Å². The van der Waals surface area contributed by atoms with Gasteiger partial charge in [-0.2, -0.15) is 0 Å². The molecule has 0 saturated carbocycles. The van der Waals surface area contributed by atoms with Crippen molar-refractivity contribution >= 4 is 28.4 Å². The van der Waals surface area contributed by atoms with E-state index in [9.17, 15) is 4.79 Å². The zero-order valence-corrected chi connectivity index (χ0v) is 21.3. The maximum absolute atomic E-state index is 13.0. The van der Waals surface area contributed by atoms with Crippen molar-refractivity contribution in [3.8, 4) is 17.1 Å². The Labute approximate surface area is 215 Å². The van der Waals surface area contributed by atoms with E-state index >= 15 is 0 Å². The summed E-state index contributed by atoms with van der Waals surface area (Å²) in [4.78, 5) is 33.8. The van der Waals surface area contributed by atoms with E-state index in [1.807, 2.05) is 42.2 Å². The Bertz CT molecular complexity index is 1380. The number of ether oxygens (including phenoxy) is 2. The number of rotatable bonds is 8. The van der Waals surface area contributed by atoms with Gasteiger partial charge in [-0.1, -0.05) is 0 Å². The molecule has 0 spiro atoms. The monoisotopic (exact) mass is 501 g/mol. The van der Waals surface area contributed by atoms with Crippen LogP contribution in [-0.2, 0) is 4.74 Å². The van der Waals surface area contributed by atoms with Crippen LogP contribution in [0.1, 0.15) is 17.4 Å². The van der Waals surface area contributed by atoms with Gasteiger partial charge in [0.2, 0.25) is 5.95 Å². The molecule has 0 aliphatic carbocycles. The van der Waals surface area contributed by atoms with Gasteiger partial charge in [0.15, 0.2) is 0 Å². The van der Waals surface area contributed by atoms with E-state index in [2.05, 4.69) is 37.2 Å². The number of amides is 1. The molecule has 4 heterocycles. The molecule has 0 radical (unpaired) electrons. The van der Waals surface area contributed by atoms with Crippen LogP contribution < -0.4 is 10.1 Å². The minimum atomic E-state index is -0.00943. The molecule has 37 heavy (non-hydrogen) atoms. The lowest BCUT2D eigenvalue weighted by atomic mass is 10.2. The molecule has 1 amide bonds. The predicted molar refractivity (Wildman–Crippen MR) is 142 cm³/mol. The Morgan fingerprint density at radius 1 is 1.05 bits per heavy atom. The molecule has 1 aliphatic heterocycles. The summed E-state index contributed by atoms with van der Waals surface area (Å²) in [6.45, 7) is 5.64. The number of aromatic amines is 1. The van der Waals surface area contributed by atoms with Crippen LogP contribution in [0, 0.1) is 0 Å². The number of nitrogens with zero attached hydrogens (tertiary/aromatic N) is 5. The molecular weight excluding hydrogens is 470 g/mol. The van der Waals surface area contributed by atoms with Gasteiger partial charge in [-0.05, 0) is 50.4 Å². The molecule has 4 aromatic rings. The number of benzene rings is 1. The Balaban J connectivity index is 1.30. The highest BCUT2D eigenvalue weighted by Crippen LogP contribution is 2.25. The fourth-order valence-corrected chi connectivity index (χ4v) is 4.12. The molecule has 192 valence electrons.